The molecule has 1 aromatic carbocycles. The zero-order chi connectivity index (χ0) is 19.4. The summed E-state index contributed by atoms with van der Waals surface area (Å²) in [6.45, 7) is 7.86. The Balaban J connectivity index is 1.75. The number of thiophene rings is 1. The van der Waals surface area contributed by atoms with Gasteiger partial charge in [-0.1, -0.05) is 39.0 Å². The van der Waals surface area contributed by atoms with Crippen LogP contribution in [0.3, 0.4) is 0 Å². The molecule has 1 aromatic heterocycles. The standard InChI is InChI=1S/C21H27N3O2S/c1-21(2,3)18(17-11-8-14-27-17)23-20(26)22-16-10-5-4-9-15(16)19(25)24-12-6-7-13-24/h4-5,8-11,14,18H,6-7,12-13H2,1-3H3,(H2,22,23,26). The van der Waals surface area contributed by atoms with Crippen molar-refractivity contribution in [2.45, 2.75) is 39.7 Å². The van der Waals surface area contributed by atoms with Crippen LogP contribution in [0.1, 0.15) is 54.9 Å². The normalized spacial score (nSPS) is 15.4. The minimum atomic E-state index is -0.301. The molecule has 1 unspecified atom stereocenters. The quantitative estimate of drug-likeness (QED) is 0.787. The van der Waals surface area contributed by atoms with Gasteiger partial charge >= 0.3 is 6.03 Å². The lowest BCUT2D eigenvalue weighted by molar-refractivity contribution is 0.0794. The predicted octanol–water partition coefficient (Wildman–Crippen LogP) is 4.89. The molecule has 5 nitrogen and oxygen atoms in total. The van der Waals surface area contributed by atoms with Gasteiger partial charge in [-0.25, -0.2) is 4.79 Å². The third kappa shape index (κ3) is 4.69. The molecule has 1 saturated heterocycles. The largest absolute Gasteiger partial charge is 0.339 e. The maximum atomic E-state index is 12.8. The van der Waals surface area contributed by atoms with Gasteiger partial charge in [0.15, 0.2) is 0 Å². The van der Waals surface area contributed by atoms with Crippen LogP contribution in [0.2, 0.25) is 0 Å². The number of rotatable bonds is 4. The zero-order valence-corrected chi connectivity index (χ0v) is 16.9. The zero-order valence-electron chi connectivity index (χ0n) is 16.1. The first kappa shape index (κ1) is 19.4. The smallest absolute Gasteiger partial charge is 0.319 e. The lowest BCUT2D eigenvalue weighted by Gasteiger charge is -2.31. The van der Waals surface area contributed by atoms with E-state index in [1.54, 1.807) is 23.5 Å². The molecule has 2 heterocycles. The number of amides is 3. The van der Waals surface area contributed by atoms with E-state index in [9.17, 15) is 9.59 Å². The molecule has 27 heavy (non-hydrogen) atoms. The summed E-state index contributed by atoms with van der Waals surface area (Å²) in [7, 11) is 0. The number of para-hydroxylation sites is 1. The second kappa shape index (κ2) is 8.13. The maximum Gasteiger partial charge on any atom is 0.319 e. The first-order chi connectivity index (χ1) is 12.9. The highest BCUT2D eigenvalue weighted by atomic mass is 32.1. The molecule has 6 heteroatoms. The van der Waals surface area contributed by atoms with Crippen LogP contribution in [0.4, 0.5) is 10.5 Å². The Morgan fingerprint density at radius 3 is 2.41 bits per heavy atom. The molecule has 3 amide bonds. The fourth-order valence-corrected chi connectivity index (χ4v) is 4.35. The number of likely N-dealkylation sites (tertiary alicyclic amines) is 1. The Morgan fingerprint density at radius 1 is 1.07 bits per heavy atom. The molecule has 3 rings (SSSR count). The van der Waals surface area contributed by atoms with Crippen molar-refractivity contribution in [3.63, 3.8) is 0 Å². The molecule has 1 aliphatic rings. The number of benzene rings is 1. The van der Waals surface area contributed by atoms with E-state index >= 15 is 0 Å². The van der Waals surface area contributed by atoms with E-state index in [0.717, 1.165) is 30.8 Å². The van der Waals surface area contributed by atoms with E-state index in [4.69, 9.17) is 0 Å². The SMILES string of the molecule is CC(C)(C)C(NC(=O)Nc1ccccc1C(=O)N1CCCC1)c1cccs1. The minimum Gasteiger partial charge on any atom is -0.339 e. The molecule has 144 valence electrons. The van der Waals surface area contributed by atoms with Gasteiger partial charge in [0.05, 0.1) is 17.3 Å². The number of nitrogens with zero attached hydrogens (tertiary/aromatic N) is 1. The Morgan fingerprint density at radius 2 is 1.78 bits per heavy atom. The van der Waals surface area contributed by atoms with Gasteiger partial charge in [-0.2, -0.15) is 0 Å². The number of hydrogen-bond acceptors (Lipinski definition) is 3. The number of nitrogens with one attached hydrogen (secondary N) is 2. The lowest BCUT2D eigenvalue weighted by atomic mass is 9.86. The molecular weight excluding hydrogens is 358 g/mol. The summed E-state index contributed by atoms with van der Waals surface area (Å²) in [4.78, 5) is 28.5. The first-order valence-corrected chi connectivity index (χ1v) is 10.2. The van der Waals surface area contributed by atoms with Crippen LogP contribution in [0.15, 0.2) is 41.8 Å². The number of carbonyl (C=O) groups is 2. The summed E-state index contributed by atoms with van der Waals surface area (Å²) in [5.41, 5.74) is 0.955. The van der Waals surface area contributed by atoms with Crippen molar-refractivity contribution in [3.8, 4) is 0 Å². The molecule has 2 N–H and O–H groups in total. The average Bonchev–Trinajstić information content (AvgIpc) is 3.32. The van der Waals surface area contributed by atoms with Crippen molar-refractivity contribution in [1.29, 1.82) is 0 Å². The Labute approximate surface area is 164 Å². The fourth-order valence-electron chi connectivity index (χ4n) is 3.33. The molecule has 0 saturated carbocycles. The summed E-state index contributed by atoms with van der Waals surface area (Å²) in [6.07, 6.45) is 2.08. The maximum absolute atomic E-state index is 12.8. The Hall–Kier alpha value is -2.34. The summed E-state index contributed by atoms with van der Waals surface area (Å²) >= 11 is 1.63. The van der Waals surface area contributed by atoms with Gasteiger partial charge < -0.3 is 15.5 Å². The van der Waals surface area contributed by atoms with Gasteiger partial charge in [0.2, 0.25) is 0 Å². The molecule has 0 bridgehead atoms. The van der Waals surface area contributed by atoms with Crippen molar-refractivity contribution >= 4 is 29.0 Å². The van der Waals surface area contributed by atoms with Crippen LogP contribution >= 0.6 is 11.3 Å². The van der Waals surface area contributed by atoms with Gasteiger partial charge in [0.1, 0.15) is 0 Å². The van der Waals surface area contributed by atoms with Crippen molar-refractivity contribution in [2.75, 3.05) is 18.4 Å². The van der Waals surface area contributed by atoms with E-state index in [0.29, 0.717) is 11.3 Å². The Bertz CT molecular complexity index is 790. The third-order valence-corrected chi connectivity index (χ3v) is 5.71. The number of carbonyl (C=O) groups excluding carboxylic acids is 2. The van der Waals surface area contributed by atoms with Crippen molar-refractivity contribution in [1.82, 2.24) is 10.2 Å². The van der Waals surface area contributed by atoms with E-state index in [1.165, 1.54) is 0 Å². The van der Waals surface area contributed by atoms with E-state index in [1.807, 2.05) is 34.5 Å². The number of anilines is 1. The second-order valence-electron chi connectivity index (χ2n) is 7.96. The molecule has 1 atom stereocenters. The van der Waals surface area contributed by atoms with Gasteiger partial charge in [-0.05, 0) is 41.8 Å². The topological polar surface area (TPSA) is 61.4 Å². The summed E-state index contributed by atoms with van der Waals surface area (Å²) < 4.78 is 0. The van der Waals surface area contributed by atoms with Crippen LogP contribution in [0, 0.1) is 5.41 Å². The van der Waals surface area contributed by atoms with Crippen LogP contribution in [0.5, 0.6) is 0 Å². The van der Waals surface area contributed by atoms with Gasteiger partial charge in [0, 0.05) is 18.0 Å². The average molecular weight is 386 g/mol. The highest BCUT2D eigenvalue weighted by Gasteiger charge is 2.29. The van der Waals surface area contributed by atoms with E-state index in [-0.39, 0.29) is 23.4 Å². The Kier molecular flexibility index (Phi) is 5.85. The highest BCUT2D eigenvalue weighted by molar-refractivity contribution is 7.10. The lowest BCUT2D eigenvalue weighted by Crippen LogP contribution is -2.39. The van der Waals surface area contributed by atoms with Gasteiger partial charge in [0.25, 0.3) is 5.91 Å². The molecule has 0 radical (unpaired) electrons. The number of urea groups is 1. The minimum absolute atomic E-state index is 0.0194. The van der Waals surface area contributed by atoms with Crippen LogP contribution in [-0.2, 0) is 0 Å². The molecule has 1 aliphatic heterocycles. The second-order valence-corrected chi connectivity index (χ2v) is 8.94. The third-order valence-electron chi connectivity index (χ3n) is 4.77. The van der Waals surface area contributed by atoms with Gasteiger partial charge in [-0.15, -0.1) is 11.3 Å². The fraction of sp³-hybridized carbons (Fsp3) is 0.429. The van der Waals surface area contributed by atoms with E-state index < -0.39 is 0 Å². The monoisotopic (exact) mass is 385 g/mol. The summed E-state index contributed by atoms with van der Waals surface area (Å²) in [5, 5.41) is 7.98. The number of hydrogen-bond donors (Lipinski definition) is 2. The molecule has 0 aliphatic carbocycles. The first-order valence-electron chi connectivity index (χ1n) is 9.35. The molecular formula is C21H27N3O2S. The summed E-state index contributed by atoms with van der Waals surface area (Å²) in [5.74, 6) is -0.0194. The predicted molar refractivity (Wildman–Crippen MR) is 110 cm³/mol. The van der Waals surface area contributed by atoms with Crippen molar-refractivity contribution in [3.05, 3.63) is 52.2 Å². The molecule has 2 aromatic rings. The van der Waals surface area contributed by atoms with Crippen molar-refractivity contribution in [2.24, 2.45) is 5.41 Å². The van der Waals surface area contributed by atoms with Crippen molar-refractivity contribution < 1.29 is 9.59 Å². The highest BCUT2D eigenvalue weighted by Crippen LogP contribution is 2.35. The molecule has 0 spiro atoms. The summed E-state index contributed by atoms with van der Waals surface area (Å²) in [6, 6.07) is 10.8. The van der Waals surface area contributed by atoms with Crippen LogP contribution < -0.4 is 10.6 Å². The van der Waals surface area contributed by atoms with Crippen LogP contribution in [0.25, 0.3) is 0 Å². The van der Waals surface area contributed by atoms with E-state index in [2.05, 4.69) is 31.4 Å². The molecule has 1 fully saturated rings. The van der Waals surface area contributed by atoms with Gasteiger partial charge in [-0.3, -0.25) is 4.79 Å². The van der Waals surface area contributed by atoms with Crippen LogP contribution in [-0.4, -0.2) is 29.9 Å².